The minimum absolute atomic E-state index is 0.123. The second-order valence-corrected chi connectivity index (χ2v) is 6.95. The molecule has 6 nitrogen and oxygen atoms in total. The summed E-state index contributed by atoms with van der Waals surface area (Å²) in [6, 6.07) is 6.04. The average Bonchev–Trinajstić information content (AvgIpc) is 3.08. The van der Waals surface area contributed by atoms with Crippen molar-refractivity contribution in [1.82, 2.24) is 15.3 Å². The lowest BCUT2D eigenvalue weighted by Gasteiger charge is -2.25. The van der Waals surface area contributed by atoms with Crippen LogP contribution in [0.15, 0.2) is 42.7 Å². The molecular weight excluding hydrogens is 359 g/mol. The molecule has 0 spiro atoms. The van der Waals surface area contributed by atoms with Gasteiger partial charge in [-0.25, -0.2) is 9.97 Å². The van der Waals surface area contributed by atoms with E-state index in [9.17, 15) is 18.0 Å². The van der Waals surface area contributed by atoms with Gasteiger partial charge in [0, 0.05) is 31.5 Å². The molecule has 1 saturated heterocycles. The molecule has 1 amide bonds. The van der Waals surface area contributed by atoms with E-state index >= 15 is 0 Å². The van der Waals surface area contributed by atoms with Gasteiger partial charge in [-0.2, -0.15) is 13.2 Å². The Morgan fingerprint density at radius 1 is 1.15 bits per heavy atom. The lowest BCUT2D eigenvalue weighted by Crippen LogP contribution is -2.39. The third-order valence-electron chi connectivity index (χ3n) is 5.22. The average molecular weight is 377 g/mol. The minimum atomic E-state index is -4.36. The lowest BCUT2D eigenvalue weighted by atomic mass is 10.1. The fourth-order valence-electron chi connectivity index (χ4n) is 3.77. The van der Waals surface area contributed by atoms with Crippen LogP contribution in [-0.2, 0) is 0 Å². The number of benzene rings is 1. The van der Waals surface area contributed by atoms with Gasteiger partial charge in [-0.3, -0.25) is 10.1 Å². The van der Waals surface area contributed by atoms with Crippen molar-refractivity contribution in [2.45, 2.75) is 18.3 Å². The number of primary amides is 1. The molecule has 1 aromatic heterocycles. The zero-order chi connectivity index (χ0) is 19.2. The Balaban J connectivity index is 1.40. The van der Waals surface area contributed by atoms with E-state index in [-0.39, 0.29) is 29.0 Å². The van der Waals surface area contributed by atoms with Crippen molar-refractivity contribution in [3.05, 3.63) is 53.9 Å². The van der Waals surface area contributed by atoms with Crippen LogP contribution in [0.4, 0.5) is 19.1 Å². The van der Waals surface area contributed by atoms with E-state index in [0.29, 0.717) is 19.0 Å². The first-order valence-electron chi connectivity index (χ1n) is 8.59. The SMILES string of the molecule is NC(=O)c1cnc(N2CC3C(C2)C3NC(c2ccccc2)C(F)(F)F)nc1. The summed E-state index contributed by atoms with van der Waals surface area (Å²) >= 11 is 0. The number of halogens is 3. The normalized spacial score (nSPS) is 25.1. The molecule has 0 radical (unpaired) electrons. The molecule has 3 unspecified atom stereocenters. The summed E-state index contributed by atoms with van der Waals surface area (Å²) in [6.45, 7) is 1.16. The quantitative estimate of drug-likeness (QED) is 0.832. The standard InChI is InChI=1S/C18H18F3N5O/c19-18(20,21)15(10-4-2-1-3-5-10)25-14-12-8-26(9-13(12)14)17-23-6-11(7-24-17)16(22)27/h1-7,12-15,25H,8-9H2,(H2,22,27). The van der Waals surface area contributed by atoms with Crippen LogP contribution in [0.2, 0.25) is 0 Å². The number of alkyl halides is 3. The molecule has 4 rings (SSSR count). The van der Waals surface area contributed by atoms with Crippen molar-refractivity contribution in [2.24, 2.45) is 17.6 Å². The number of carbonyl (C=O) groups excluding carboxylic acids is 1. The second-order valence-electron chi connectivity index (χ2n) is 6.95. The number of carbonyl (C=O) groups is 1. The smallest absolute Gasteiger partial charge is 0.366 e. The van der Waals surface area contributed by atoms with Crippen LogP contribution in [0.25, 0.3) is 0 Å². The van der Waals surface area contributed by atoms with Crippen molar-refractivity contribution < 1.29 is 18.0 Å². The monoisotopic (exact) mass is 377 g/mol. The molecule has 27 heavy (non-hydrogen) atoms. The molecule has 3 atom stereocenters. The van der Waals surface area contributed by atoms with Crippen molar-refractivity contribution in [3.8, 4) is 0 Å². The third kappa shape index (κ3) is 3.46. The highest BCUT2D eigenvalue weighted by atomic mass is 19.4. The highest BCUT2D eigenvalue weighted by Crippen LogP contribution is 2.48. The Kier molecular flexibility index (Phi) is 4.26. The zero-order valence-electron chi connectivity index (χ0n) is 14.2. The van der Waals surface area contributed by atoms with Gasteiger partial charge in [0.05, 0.1) is 5.56 Å². The number of rotatable bonds is 5. The van der Waals surface area contributed by atoms with E-state index in [2.05, 4.69) is 15.3 Å². The number of fused-ring (bicyclic) bond motifs is 1. The first-order valence-corrected chi connectivity index (χ1v) is 8.59. The number of nitrogens with one attached hydrogen (secondary N) is 1. The zero-order valence-corrected chi connectivity index (χ0v) is 14.2. The maximum Gasteiger partial charge on any atom is 0.407 e. The molecular formula is C18H18F3N5O. The molecule has 2 aromatic rings. The molecule has 142 valence electrons. The van der Waals surface area contributed by atoms with Crippen molar-refractivity contribution in [3.63, 3.8) is 0 Å². The Bertz CT molecular complexity index is 815. The van der Waals surface area contributed by atoms with E-state index in [1.54, 1.807) is 18.2 Å². The molecule has 1 saturated carbocycles. The highest BCUT2D eigenvalue weighted by molar-refractivity contribution is 5.92. The number of amides is 1. The second kappa shape index (κ2) is 6.49. The Labute approximate surface area is 153 Å². The number of hydrogen-bond donors (Lipinski definition) is 2. The number of anilines is 1. The van der Waals surface area contributed by atoms with Gasteiger partial charge in [-0.1, -0.05) is 30.3 Å². The maximum atomic E-state index is 13.5. The molecule has 0 bridgehead atoms. The van der Waals surface area contributed by atoms with E-state index < -0.39 is 18.1 Å². The van der Waals surface area contributed by atoms with Crippen molar-refractivity contribution in [1.29, 1.82) is 0 Å². The maximum absolute atomic E-state index is 13.5. The summed E-state index contributed by atoms with van der Waals surface area (Å²) in [6.07, 6.45) is -1.63. The van der Waals surface area contributed by atoms with Gasteiger partial charge in [-0.05, 0) is 17.4 Å². The van der Waals surface area contributed by atoms with Crippen LogP contribution in [0, 0.1) is 11.8 Å². The molecule has 1 aliphatic heterocycles. The molecule has 2 fully saturated rings. The van der Waals surface area contributed by atoms with E-state index in [1.807, 2.05) is 4.90 Å². The first kappa shape index (κ1) is 17.7. The molecule has 2 heterocycles. The summed E-state index contributed by atoms with van der Waals surface area (Å²) in [5.74, 6) is 0.103. The Morgan fingerprint density at radius 3 is 2.26 bits per heavy atom. The van der Waals surface area contributed by atoms with Gasteiger partial charge in [0.2, 0.25) is 5.95 Å². The fourth-order valence-corrected chi connectivity index (χ4v) is 3.77. The van der Waals surface area contributed by atoms with E-state index in [0.717, 1.165) is 0 Å². The van der Waals surface area contributed by atoms with Crippen LogP contribution in [0.3, 0.4) is 0 Å². The van der Waals surface area contributed by atoms with E-state index in [1.165, 1.54) is 24.5 Å². The number of nitrogens with zero attached hydrogens (tertiary/aromatic N) is 3. The summed E-state index contributed by atoms with van der Waals surface area (Å²) in [4.78, 5) is 21.2. The van der Waals surface area contributed by atoms with Gasteiger partial charge in [-0.15, -0.1) is 0 Å². The number of piperidine rings is 1. The summed E-state index contributed by atoms with van der Waals surface area (Å²) in [7, 11) is 0. The highest BCUT2D eigenvalue weighted by Gasteiger charge is 2.58. The molecule has 1 aromatic carbocycles. The van der Waals surface area contributed by atoms with Crippen LogP contribution in [-0.4, -0.2) is 41.2 Å². The lowest BCUT2D eigenvalue weighted by molar-refractivity contribution is -0.158. The molecule has 9 heteroatoms. The third-order valence-corrected chi connectivity index (χ3v) is 5.22. The van der Waals surface area contributed by atoms with Crippen LogP contribution in [0.1, 0.15) is 22.0 Å². The number of aromatic nitrogens is 2. The van der Waals surface area contributed by atoms with Gasteiger partial charge in [0.15, 0.2) is 0 Å². The van der Waals surface area contributed by atoms with E-state index in [4.69, 9.17) is 5.73 Å². The largest absolute Gasteiger partial charge is 0.407 e. The van der Waals surface area contributed by atoms with Crippen molar-refractivity contribution in [2.75, 3.05) is 18.0 Å². The predicted octanol–water partition coefficient (Wildman–Crippen LogP) is 1.90. The van der Waals surface area contributed by atoms with Crippen LogP contribution in [0.5, 0.6) is 0 Å². The van der Waals surface area contributed by atoms with Gasteiger partial charge in [0.1, 0.15) is 6.04 Å². The predicted molar refractivity (Wildman–Crippen MR) is 91.9 cm³/mol. The minimum Gasteiger partial charge on any atom is -0.366 e. The van der Waals surface area contributed by atoms with Gasteiger partial charge >= 0.3 is 6.18 Å². The molecule has 2 aliphatic rings. The number of nitrogens with two attached hydrogens (primary N) is 1. The summed E-state index contributed by atoms with van der Waals surface area (Å²) in [5.41, 5.74) is 5.60. The summed E-state index contributed by atoms with van der Waals surface area (Å²) in [5, 5.41) is 2.79. The van der Waals surface area contributed by atoms with Crippen LogP contribution < -0.4 is 16.0 Å². The number of hydrogen-bond acceptors (Lipinski definition) is 5. The summed E-state index contributed by atoms with van der Waals surface area (Å²) < 4.78 is 40.5. The van der Waals surface area contributed by atoms with Gasteiger partial charge < -0.3 is 10.6 Å². The van der Waals surface area contributed by atoms with Gasteiger partial charge in [0.25, 0.3) is 5.91 Å². The topological polar surface area (TPSA) is 84.1 Å². The van der Waals surface area contributed by atoms with Crippen molar-refractivity contribution >= 4 is 11.9 Å². The van der Waals surface area contributed by atoms with Crippen LogP contribution >= 0.6 is 0 Å². The molecule has 1 aliphatic carbocycles. The Morgan fingerprint density at radius 2 is 1.74 bits per heavy atom. The first-order chi connectivity index (χ1) is 12.8. The fraction of sp³-hybridized carbons (Fsp3) is 0.389. The Hall–Kier alpha value is -2.68. The molecule has 3 N–H and O–H groups in total.